The smallest absolute Gasteiger partial charge is 0.256 e. The zero-order chi connectivity index (χ0) is 21.6. The molecule has 31 heavy (non-hydrogen) atoms. The summed E-state index contributed by atoms with van der Waals surface area (Å²) in [7, 11) is 0. The highest BCUT2D eigenvalue weighted by Crippen LogP contribution is 2.34. The zero-order valence-corrected chi connectivity index (χ0v) is 17.8. The summed E-state index contributed by atoms with van der Waals surface area (Å²) < 4.78 is 6.12. The van der Waals surface area contributed by atoms with E-state index in [-0.39, 0.29) is 5.91 Å². The van der Waals surface area contributed by atoms with Crippen molar-refractivity contribution in [3.63, 3.8) is 0 Å². The van der Waals surface area contributed by atoms with Crippen LogP contribution in [0.2, 0.25) is 0 Å². The minimum absolute atomic E-state index is 0.262. The number of aromatic nitrogens is 1. The van der Waals surface area contributed by atoms with E-state index in [9.17, 15) is 4.79 Å². The lowest BCUT2D eigenvalue weighted by Crippen LogP contribution is -2.45. The number of carbonyl (C=O) groups excluding carboxylic acids is 1. The summed E-state index contributed by atoms with van der Waals surface area (Å²) >= 11 is 5.37. The number of thiocarbonyl (C=S) groups is 1. The monoisotopic (exact) mass is 430 g/mol. The number of para-hydroxylation sites is 1. The predicted octanol–water partition coefficient (Wildman–Crippen LogP) is 4.09. The summed E-state index contributed by atoms with van der Waals surface area (Å²) in [6.07, 6.45) is 1.63. The maximum atomic E-state index is 13.2. The minimum Gasteiger partial charge on any atom is -0.489 e. The molecule has 1 aromatic heterocycles. The van der Waals surface area contributed by atoms with Gasteiger partial charge in [-0.05, 0) is 42.9 Å². The Morgan fingerprint density at radius 3 is 2.58 bits per heavy atom. The van der Waals surface area contributed by atoms with Crippen molar-refractivity contribution in [2.24, 2.45) is 0 Å². The Labute approximate surface area is 186 Å². The molecule has 4 rings (SSSR count). The highest BCUT2D eigenvalue weighted by atomic mass is 32.1. The number of hydrogen-bond acceptors (Lipinski definition) is 4. The van der Waals surface area contributed by atoms with E-state index in [1.54, 1.807) is 18.3 Å². The third-order valence-electron chi connectivity index (χ3n) is 4.89. The van der Waals surface area contributed by atoms with Crippen LogP contribution >= 0.6 is 12.2 Å². The van der Waals surface area contributed by atoms with Crippen LogP contribution in [0, 0.1) is 0 Å². The lowest BCUT2D eigenvalue weighted by atomic mass is 9.94. The summed E-state index contributed by atoms with van der Waals surface area (Å²) in [5.74, 6) is 0.902. The molecular formula is C24H22N4O2S. The molecule has 2 aromatic carbocycles. The van der Waals surface area contributed by atoms with Crippen LogP contribution in [0.5, 0.6) is 5.75 Å². The molecule has 0 bridgehead atoms. The normalized spacial score (nSPS) is 15.6. The maximum absolute atomic E-state index is 13.2. The van der Waals surface area contributed by atoms with E-state index >= 15 is 0 Å². The van der Waals surface area contributed by atoms with Crippen LogP contribution in [-0.4, -0.2) is 16.0 Å². The Morgan fingerprint density at radius 1 is 1.06 bits per heavy atom. The Bertz CT molecular complexity index is 1120. The Kier molecular flexibility index (Phi) is 6.24. The molecule has 0 saturated heterocycles. The molecule has 1 amide bonds. The molecule has 0 spiro atoms. The molecule has 0 saturated carbocycles. The van der Waals surface area contributed by atoms with Crippen LogP contribution < -0.4 is 20.7 Å². The van der Waals surface area contributed by atoms with Gasteiger partial charge in [-0.3, -0.25) is 4.79 Å². The SMILES string of the molecule is CC1=C(C(=O)Nc2ccccn2)[C@H](c2ccccc2OCc2ccccc2)NC(=S)N1. The van der Waals surface area contributed by atoms with Crippen LogP contribution in [-0.2, 0) is 11.4 Å². The fourth-order valence-corrected chi connectivity index (χ4v) is 3.71. The molecule has 3 N–H and O–H groups in total. The van der Waals surface area contributed by atoms with Gasteiger partial charge in [0, 0.05) is 17.5 Å². The van der Waals surface area contributed by atoms with Gasteiger partial charge in [0.15, 0.2) is 5.11 Å². The highest BCUT2D eigenvalue weighted by Gasteiger charge is 2.31. The van der Waals surface area contributed by atoms with Crippen LogP contribution in [0.3, 0.4) is 0 Å². The van der Waals surface area contributed by atoms with Gasteiger partial charge in [0.05, 0.1) is 11.6 Å². The first-order valence-corrected chi connectivity index (χ1v) is 10.3. The maximum Gasteiger partial charge on any atom is 0.256 e. The van der Waals surface area contributed by atoms with Crippen molar-refractivity contribution in [1.82, 2.24) is 15.6 Å². The number of carbonyl (C=O) groups is 1. The van der Waals surface area contributed by atoms with Gasteiger partial charge in [-0.1, -0.05) is 54.6 Å². The number of anilines is 1. The van der Waals surface area contributed by atoms with Crippen molar-refractivity contribution in [2.45, 2.75) is 19.6 Å². The number of benzene rings is 2. The predicted molar refractivity (Wildman–Crippen MR) is 124 cm³/mol. The molecule has 3 aromatic rings. The second-order valence-electron chi connectivity index (χ2n) is 7.05. The number of rotatable bonds is 6. The second kappa shape index (κ2) is 9.40. The number of ether oxygens (including phenoxy) is 1. The third kappa shape index (κ3) is 4.90. The molecule has 1 aliphatic heterocycles. The second-order valence-corrected chi connectivity index (χ2v) is 7.46. The Hall–Kier alpha value is -3.71. The van der Waals surface area contributed by atoms with Crippen LogP contribution in [0.4, 0.5) is 5.82 Å². The van der Waals surface area contributed by atoms with Crippen molar-refractivity contribution in [3.8, 4) is 5.75 Å². The minimum atomic E-state index is -0.468. The molecule has 0 fully saturated rings. The summed E-state index contributed by atoms with van der Waals surface area (Å²) in [5, 5.41) is 9.59. The van der Waals surface area contributed by atoms with Gasteiger partial charge in [-0.25, -0.2) is 4.98 Å². The van der Waals surface area contributed by atoms with Gasteiger partial charge in [0.25, 0.3) is 5.91 Å². The number of allylic oxidation sites excluding steroid dienone is 1. The van der Waals surface area contributed by atoms with Gasteiger partial charge >= 0.3 is 0 Å². The van der Waals surface area contributed by atoms with Gasteiger partial charge < -0.3 is 20.7 Å². The van der Waals surface area contributed by atoms with Crippen molar-refractivity contribution in [1.29, 1.82) is 0 Å². The fourth-order valence-electron chi connectivity index (χ4n) is 3.43. The van der Waals surface area contributed by atoms with E-state index < -0.39 is 6.04 Å². The molecule has 6 nitrogen and oxygen atoms in total. The quantitative estimate of drug-likeness (QED) is 0.512. The van der Waals surface area contributed by atoms with E-state index in [1.807, 2.05) is 67.6 Å². The van der Waals surface area contributed by atoms with Gasteiger partial charge in [0.2, 0.25) is 0 Å². The summed E-state index contributed by atoms with van der Waals surface area (Å²) in [5.41, 5.74) is 3.09. The fraction of sp³-hybridized carbons (Fsp3) is 0.125. The lowest BCUT2D eigenvalue weighted by Gasteiger charge is -2.31. The summed E-state index contributed by atoms with van der Waals surface area (Å²) in [6, 6.07) is 22.5. The number of nitrogens with zero attached hydrogens (tertiary/aromatic N) is 1. The van der Waals surface area contributed by atoms with E-state index in [0.717, 1.165) is 11.1 Å². The van der Waals surface area contributed by atoms with Gasteiger partial charge in [0.1, 0.15) is 18.2 Å². The van der Waals surface area contributed by atoms with Gasteiger partial charge in [-0.15, -0.1) is 0 Å². The number of amides is 1. The largest absolute Gasteiger partial charge is 0.489 e. The zero-order valence-electron chi connectivity index (χ0n) is 17.0. The van der Waals surface area contributed by atoms with E-state index in [4.69, 9.17) is 17.0 Å². The van der Waals surface area contributed by atoms with Crippen molar-refractivity contribution >= 4 is 29.1 Å². The van der Waals surface area contributed by atoms with Crippen molar-refractivity contribution in [3.05, 3.63) is 101 Å². The molecule has 2 heterocycles. The number of pyridine rings is 1. The van der Waals surface area contributed by atoms with Crippen LogP contribution in [0.25, 0.3) is 0 Å². The van der Waals surface area contributed by atoms with Crippen molar-refractivity contribution in [2.75, 3.05) is 5.32 Å². The molecule has 1 atom stereocenters. The molecule has 0 aliphatic carbocycles. The Balaban J connectivity index is 1.64. The molecule has 0 radical (unpaired) electrons. The summed E-state index contributed by atoms with van der Waals surface area (Å²) in [6.45, 7) is 2.26. The van der Waals surface area contributed by atoms with E-state index in [2.05, 4.69) is 20.9 Å². The average molecular weight is 431 g/mol. The molecule has 0 unspecified atom stereocenters. The molecule has 7 heteroatoms. The standard InChI is InChI=1S/C24H22N4O2S/c1-16-21(23(29)27-20-13-7-8-14-25-20)22(28-24(31)26-16)18-11-5-6-12-19(18)30-15-17-9-3-2-4-10-17/h2-14,22H,15H2,1H3,(H,25,27,29)(H2,26,28,31)/t22-/m0/s1. The van der Waals surface area contributed by atoms with E-state index in [1.165, 1.54) is 0 Å². The molecule has 156 valence electrons. The van der Waals surface area contributed by atoms with Crippen molar-refractivity contribution < 1.29 is 9.53 Å². The first kappa shape index (κ1) is 20.6. The lowest BCUT2D eigenvalue weighted by molar-refractivity contribution is -0.113. The number of hydrogen-bond donors (Lipinski definition) is 3. The van der Waals surface area contributed by atoms with E-state index in [0.29, 0.717) is 34.6 Å². The third-order valence-corrected chi connectivity index (χ3v) is 5.11. The van der Waals surface area contributed by atoms with Crippen LogP contribution in [0.15, 0.2) is 90.3 Å². The molecular weight excluding hydrogens is 408 g/mol. The van der Waals surface area contributed by atoms with Gasteiger partial charge in [-0.2, -0.15) is 0 Å². The van der Waals surface area contributed by atoms with Crippen LogP contribution in [0.1, 0.15) is 24.1 Å². The average Bonchev–Trinajstić information content (AvgIpc) is 2.78. The Morgan fingerprint density at radius 2 is 1.81 bits per heavy atom. The highest BCUT2D eigenvalue weighted by molar-refractivity contribution is 7.80. The number of nitrogens with one attached hydrogen (secondary N) is 3. The summed E-state index contributed by atoms with van der Waals surface area (Å²) in [4.78, 5) is 17.4. The topological polar surface area (TPSA) is 75.3 Å². The first-order valence-electron chi connectivity index (χ1n) is 9.88. The first-order chi connectivity index (χ1) is 15.1. The molecule has 1 aliphatic rings.